The molecule has 0 radical (unpaired) electrons. The van der Waals surface area contributed by atoms with Crippen LogP contribution in [0.2, 0.25) is 0 Å². The van der Waals surface area contributed by atoms with E-state index < -0.39 is 26.5 Å². The van der Waals surface area contributed by atoms with E-state index in [4.69, 9.17) is 18.5 Å². The van der Waals surface area contributed by atoms with Gasteiger partial charge in [-0.05, 0) is 83.5 Å². The van der Waals surface area contributed by atoms with Crippen LogP contribution in [-0.4, -0.2) is 74.9 Å². The maximum atomic E-state index is 12.9. The number of unbranched alkanes of at least 4 members (excludes halogenated alkanes) is 49. The zero-order valence-electron chi connectivity index (χ0n) is 60.4. The lowest BCUT2D eigenvalue weighted by Crippen LogP contribution is -2.37. The second-order valence-corrected chi connectivity index (χ2v) is 29.2. The predicted molar refractivity (Wildman–Crippen MR) is 390 cm³/mol. The molecule has 0 aliphatic heterocycles. The highest BCUT2D eigenvalue weighted by Gasteiger charge is 2.27. The average molecular weight is 1290 g/mol. The van der Waals surface area contributed by atoms with Gasteiger partial charge in [0, 0.05) is 12.8 Å². The van der Waals surface area contributed by atoms with Crippen molar-refractivity contribution in [1.82, 2.24) is 0 Å². The van der Waals surface area contributed by atoms with Crippen molar-refractivity contribution in [2.75, 3.05) is 47.5 Å². The smallest absolute Gasteiger partial charge is 0.462 e. The van der Waals surface area contributed by atoms with Crippen molar-refractivity contribution in [2.45, 2.75) is 392 Å². The van der Waals surface area contributed by atoms with E-state index in [9.17, 15) is 19.0 Å². The summed E-state index contributed by atoms with van der Waals surface area (Å²) < 4.78 is 34.8. The monoisotopic (exact) mass is 1290 g/mol. The largest absolute Gasteiger partial charge is 0.472 e. The third-order valence-corrected chi connectivity index (χ3v) is 18.5. The van der Waals surface area contributed by atoms with Gasteiger partial charge < -0.3 is 18.9 Å². The van der Waals surface area contributed by atoms with Crippen LogP contribution >= 0.6 is 7.82 Å². The molecular formula is C80H151NO8P+. The Hall–Kier alpha value is -2.29. The molecular weight excluding hydrogens is 1130 g/mol. The Kier molecular flexibility index (Phi) is 69.2. The number of allylic oxidation sites excluding steroid dienone is 10. The van der Waals surface area contributed by atoms with Crippen LogP contribution in [0.4, 0.5) is 0 Å². The third-order valence-electron chi connectivity index (χ3n) is 17.5. The predicted octanol–water partition coefficient (Wildman–Crippen LogP) is 25.7. The van der Waals surface area contributed by atoms with Gasteiger partial charge in [0.15, 0.2) is 6.10 Å². The minimum Gasteiger partial charge on any atom is -0.462 e. The normalized spacial score (nSPS) is 13.4. The van der Waals surface area contributed by atoms with Gasteiger partial charge in [0.05, 0.1) is 27.7 Å². The van der Waals surface area contributed by atoms with E-state index in [0.29, 0.717) is 23.9 Å². The molecule has 0 aromatic heterocycles. The Balaban J connectivity index is 3.92. The lowest BCUT2D eigenvalue weighted by molar-refractivity contribution is -0.870. The highest BCUT2D eigenvalue weighted by molar-refractivity contribution is 7.47. The molecule has 0 aromatic rings. The summed E-state index contributed by atoms with van der Waals surface area (Å²) in [6.07, 6.45) is 95.0. The van der Waals surface area contributed by atoms with Gasteiger partial charge in [-0.2, -0.15) is 0 Å². The number of hydrogen-bond donors (Lipinski definition) is 1. The molecule has 0 bridgehead atoms. The number of nitrogens with zero attached hydrogens (tertiary/aromatic N) is 1. The first-order valence-corrected chi connectivity index (χ1v) is 40.5. The number of hydrogen-bond acceptors (Lipinski definition) is 7. The number of likely N-dealkylation sites (N-methyl/N-ethyl adjacent to an activating group) is 1. The van der Waals surface area contributed by atoms with Crippen molar-refractivity contribution < 1.29 is 42.1 Å². The van der Waals surface area contributed by atoms with E-state index >= 15 is 0 Å². The topological polar surface area (TPSA) is 108 Å². The average Bonchev–Trinajstić information content (AvgIpc) is 3.58. The molecule has 90 heavy (non-hydrogen) atoms. The molecule has 2 atom stereocenters. The Morgan fingerprint density at radius 1 is 0.344 bits per heavy atom. The maximum Gasteiger partial charge on any atom is 0.472 e. The number of carbonyl (C=O) groups is 2. The molecule has 10 heteroatoms. The van der Waals surface area contributed by atoms with Crippen molar-refractivity contribution in [1.29, 1.82) is 0 Å². The molecule has 0 aliphatic carbocycles. The first kappa shape index (κ1) is 87.7. The zero-order chi connectivity index (χ0) is 65.5. The highest BCUT2D eigenvalue weighted by Crippen LogP contribution is 2.43. The van der Waals surface area contributed by atoms with Crippen LogP contribution in [0, 0.1) is 0 Å². The fraction of sp³-hybridized carbons (Fsp3) is 0.850. The number of ether oxygens (including phenoxy) is 2. The van der Waals surface area contributed by atoms with Crippen LogP contribution in [0.1, 0.15) is 386 Å². The van der Waals surface area contributed by atoms with Gasteiger partial charge in [-0.15, -0.1) is 0 Å². The van der Waals surface area contributed by atoms with Gasteiger partial charge in [0.2, 0.25) is 0 Å². The number of rotatable bonds is 73. The third kappa shape index (κ3) is 74.7. The summed E-state index contributed by atoms with van der Waals surface area (Å²) in [6.45, 7) is 4.47. The Bertz CT molecular complexity index is 1700. The maximum absolute atomic E-state index is 12.9. The first-order chi connectivity index (χ1) is 44.0. The van der Waals surface area contributed by atoms with Crippen LogP contribution in [0.15, 0.2) is 60.8 Å². The van der Waals surface area contributed by atoms with E-state index in [0.717, 1.165) is 51.4 Å². The van der Waals surface area contributed by atoms with Gasteiger partial charge in [-0.3, -0.25) is 18.6 Å². The lowest BCUT2D eigenvalue weighted by Gasteiger charge is -2.24. The second-order valence-electron chi connectivity index (χ2n) is 27.7. The van der Waals surface area contributed by atoms with Crippen molar-refractivity contribution >= 4 is 19.8 Å². The van der Waals surface area contributed by atoms with E-state index in [1.807, 2.05) is 21.1 Å². The molecule has 0 saturated carbocycles. The van der Waals surface area contributed by atoms with Crippen LogP contribution in [0.3, 0.4) is 0 Å². The van der Waals surface area contributed by atoms with E-state index in [1.165, 1.54) is 302 Å². The number of esters is 2. The first-order valence-electron chi connectivity index (χ1n) is 39.0. The van der Waals surface area contributed by atoms with Crippen LogP contribution in [0.25, 0.3) is 0 Å². The fourth-order valence-electron chi connectivity index (χ4n) is 11.5. The van der Waals surface area contributed by atoms with E-state index in [2.05, 4.69) is 74.6 Å². The molecule has 528 valence electrons. The summed E-state index contributed by atoms with van der Waals surface area (Å²) in [4.78, 5) is 35.9. The Morgan fingerprint density at radius 2 is 0.600 bits per heavy atom. The molecule has 9 nitrogen and oxygen atoms in total. The minimum absolute atomic E-state index is 0.0334. The summed E-state index contributed by atoms with van der Waals surface area (Å²) >= 11 is 0. The molecule has 0 aromatic carbocycles. The van der Waals surface area contributed by atoms with Crippen molar-refractivity contribution in [2.24, 2.45) is 0 Å². The van der Waals surface area contributed by atoms with Crippen LogP contribution in [-0.2, 0) is 32.7 Å². The number of phosphoric acid groups is 1. The second kappa shape index (κ2) is 71.0. The number of phosphoric ester groups is 1. The zero-order valence-corrected chi connectivity index (χ0v) is 61.3. The molecule has 1 N–H and O–H groups in total. The summed E-state index contributed by atoms with van der Waals surface area (Å²) in [5.41, 5.74) is 0. The van der Waals surface area contributed by atoms with Gasteiger partial charge in [0.1, 0.15) is 19.8 Å². The van der Waals surface area contributed by atoms with Gasteiger partial charge >= 0.3 is 19.8 Å². The van der Waals surface area contributed by atoms with E-state index in [-0.39, 0.29) is 25.6 Å². The molecule has 0 rings (SSSR count). The summed E-state index contributed by atoms with van der Waals surface area (Å²) in [5.74, 6) is -0.777. The van der Waals surface area contributed by atoms with Crippen LogP contribution in [0.5, 0.6) is 0 Å². The highest BCUT2D eigenvalue weighted by atomic mass is 31.2. The summed E-state index contributed by atoms with van der Waals surface area (Å²) in [5, 5.41) is 0. The van der Waals surface area contributed by atoms with Gasteiger partial charge in [-0.1, -0.05) is 351 Å². The number of quaternary nitrogens is 1. The molecule has 0 spiro atoms. The number of carbonyl (C=O) groups excluding carboxylic acids is 2. The molecule has 2 unspecified atom stereocenters. The van der Waals surface area contributed by atoms with Crippen molar-refractivity contribution in [3.05, 3.63) is 60.8 Å². The van der Waals surface area contributed by atoms with Gasteiger partial charge in [0.25, 0.3) is 0 Å². The standard InChI is InChI=1S/C80H150NO8P/c1-6-8-10-12-14-16-18-20-22-24-26-28-30-32-34-35-36-37-38-39-40-41-42-43-44-45-47-49-51-53-55-57-59-61-63-65-67-69-71-73-80(83)89-78(77-88-90(84,85)87-75-74-81(3,4)5)76-86-79(82)72-70-68-66-64-62-60-58-56-54-52-50-48-46-33-31-29-27-25-23-21-19-17-15-13-11-9-7-2/h18-21,24-27,30,32,78H,6-17,22-23,28-29,31,33-77H2,1-5H3/p+1/b20-18-,21-19-,26-24-,27-25-,32-30-. The molecule has 0 saturated heterocycles. The Labute approximate surface area is 559 Å². The van der Waals surface area contributed by atoms with Crippen molar-refractivity contribution in [3.63, 3.8) is 0 Å². The summed E-state index contributed by atoms with van der Waals surface area (Å²) in [6, 6.07) is 0. The SMILES string of the molecule is CCCCCCC/C=C\C/C=C\C/C=C\CCCCCCCCCCCCCCCCCCCCCCCCCCC(=O)OC(COC(=O)CCCCCCCCCCCCCCCCC/C=C\C/C=C\CCCCCCC)COP(=O)(O)OCC[N+](C)(C)C. The Morgan fingerprint density at radius 3 is 0.889 bits per heavy atom. The quantitative estimate of drug-likeness (QED) is 0.0211. The fourth-order valence-corrected chi connectivity index (χ4v) is 12.3. The lowest BCUT2D eigenvalue weighted by atomic mass is 10.0. The van der Waals surface area contributed by atoms with Crippen LogP contribution < -0.4 is 0 Å². The summed E-state index contributed by atoms with van der Waals surface area (Å²) in [7, 11) is 1.50. The van der Waals surface area contributed by atoms with E-state index in [1.54, 1.807) is 0 Å². The molecule has 0 aliphatic rings. The van der Waals surface area contributed by atoms with Crippen molar-refractivity contribution in [3.8, 4) is 0 Å². The molecule has 0 amide bonds. The molecule has 0 fully saturated rings. The minimum atomic E-state index is -4.39. The molecule has 0 heterocycles. The van der Waals surface area contributed by atoms with Gasteiger partial charge in [-0.25, -0.2) is 4.57 Å².